The zero-order valence-corrected chi connectivity index (χ0v) is 50.6. The first-order chi connectivity index (χ1) is 39.6. The molecule has 0 unspecified atom stereocenters. The highest BCUT2D eigenvalue weighted by Gasteiger charge is 2.32. The van der Waals surface area contributed by atoms with Gasteiger partial charge in [-0.1, -0.05) is 54.0 Å². The Labute approximate surface area is 487 Å². The number of nitrogens with zero attached hydrogens (tertiary/aromatic N) is 16. The molecular formula is C58H79BrN18O5. The normalized spacial score (nSPS) is 14.6. The van der Waals surface area contributed by atoms with Crippen molar-refractivity contribution in [1.29, 1.82) is 0 Å². The summed E-state index contributed by atoms with van der Waals surface area (Å²) in [6.07, 6.45) is 9.71. The van der Waals surface area contributed by atoms with Gasteiger partial charge in [-0.15, -0.1) is 0 Å². The van der Waals surface area contributed by atoms with Gasteiger partial charge in [0, 0.05) is 133 Å². The minimum atomic E-state index is 0.0764. The minimum Gasteiger partial charge on any atom is -0.336 e. The SMILES string of the molecule is CCCN=C=O.CCN.CCN1CCN(c2cccc3c2cnn3C)C1=O.CCN1CCN(c2cccc3c2cnn3C)C1=O.CCN1CCN(c2cccc3c2cnn3C)C1=O.CCN1CCNC1=O.Cn1ncc2c(Br)cccc21. The van der Waals surface area contributed by atoms with Crippen molar-refractivity contribution in [3.63, 3.8) is 0 Å². The number of rotatable bonds is 9. The van der Waals surface area contributed by atoms with E-state index in [4.69, 9.17) is 5.73 Å². The second-order valence-corrected chi connectivity index (χ2v) is 20.0. The van der Waals surface area contributed by atoms with E-state index in [1.165, 1.54) is 6.08 Å². The van der Waals surface area contributed by atoms with E-state index < -0.39 is 0 Å². The molecule has 4 aromatic carbocycles. The van der Waals surface area contributed by atoms with Crippen molar-refractivity contribution in [2.24, 2.45) is 38.9 Å². The Morgan fingerprint density at radius 1 is 0.500 bits per heavy atom. The van der Waals surface area contributed by atoms with Crippen LogP contribution in [0.1, 0.15) is 48.0 Å². The van der Waals surface area contributed by atoms with Crippen molar-refractivity contribution in [1.82, 2.24) is 64.0 Å². The fourth-order valence-electron chi connectivity index (χ4n) is 9.60. The minimum absolute atomic E-state index is 0.0764. The number of anilines is 3. The summed E-state index contributed by atoms with van der Waals surface area (Å²) in [7, 11) is 7.68. The average molecular weight is 1190 g/mol. The third-order valence-corrected chi connectivity index (χ3v) is 14.8. The second-order valence-electron chi connectivity index (χ2n) is 19.1. The predicted molar refractivity (Wildman–Crippen MR) is 329 cm³/mol. The van der Waals surface area contributed by atoms with Gasteiger partial charge in [-0.2, -0.15) is 20.4 Å². The van der Waals surface area contributed by atoms with Crippen LogP contribution >= 0.6 is 15.9 Å². The van der Waals surface area contributed by atoms with Gasteiger partial charge in [0.1, 0.15) is 0 Å². The van der Waals surface area contributed by atoms with Crippen molar-refractivity contribution in [3.8, 4) is 0 Å². The molecule has 4 aliphatic rings. The Kier molecular flexibility index (Phi) is 23.4. The molecule has 8 heterocycles. The van der Waals surface area contributed by atoms with Crippen molar-refractivity contribution < 1.29 is 24.0 Å². The lowest BCUT2D eigenvalue weighted by atomic mass is 10.2. The number of aryl methyl sites for hydroxylation is 4. The summed E-state index contributed by atoms with van der Waals surface area (Å²) in [5, 5.41) is 23.9. The molecule has 438 valence electrons. The number of carbonyl (C=O) groups excluding carboxylic acids is 5. The number of hydrogen-bond donors (Lipinski definition) is 2. The van der Waals surface area contributed by atoms with Gasteiger partial charge in [0.05, 0.1) is 70.5 Å². The Balaban J connectivity index is 0.000000162. The van der Waals surface area contributed by atoms with E-state index in [0.717, 1.165) is 157 Å². The summed E-state index contributed by atoms with van der Waals surface area (Å²) in [6, 6.07) is 24.4. The molecule has 3 N–H and O–H groups in total. The van der Waals surface area contributed by atoms with Crippen molar-refractivity contribution in [2.75, 3.05) is 106 Å². The fourth-order valence-corrected chi connectivity index (χ4v) is 10.1. The third-order valence-electron chi connectivity index (χ3n) is 14.1. The van der Waals surface area contributed by atoms with Gasteiger partial charge < -0.3 is 30.7 Å². The van der Waals surface area contributed by atoms with Gasteiger partial charge in [-0.3, -0.25) is 33.4 Å². The molecule has 4 aliphatic heterocycles. The Morgan fingerprint density at radius 3 is 1.09 bits per heavy atom. The Bertz CT molecular complexity index is 3200. The monoisotopic (exact) mass is 1190 g/mol. The first-order valence-corrected chi connectivity index (χ1v) is 28.7. The Morgan fingerprint density at radius 2 is 0.829 bits per heavy atom. The number of aromatic nitrogens is 8. The molecule has 0 bridgehead atoms. The number of fused-ring (bicyclic) bond motifs is 4. The number of aliphatic imine (C=N–C) groups is 1. The average Bonchev–Trinajstić information content (AvgIpc) is 4.44. The van der Waals surface area contributed by atoms with Crippen LogP contribution in [-0.4, -0.2) is 181 Å². The summed E-state index contributed by atoms with van der Waals surface area (Å²) in [6.45, 7) is 22.7. The molecule has 82 heavy (non-hydrogen) atoms. The molecule has 24 heteroatoms. The maximum Gasteiger partial charge on any atom is 0.324 e. The van der Waals surface area contributed by atoms with E-state index in [1.54, 1.807) is 4.90 Å². The van der Waals surface area contributed by atoms with Crippen LogP contribution in [0.25, 0.3) is 43.6 Å². The van der Waals surface area contributed by atoms with Gasteiger partial charge in [-0.25, -0.2) is 29.0 Å². The highest BCUT2D eigenvalue weighted by atomic mass is 79.9. The van der Waals surface area contributed by atoms with Crippen molar-refractivity contribution in [3.05, 3.63) is 102 Å². The number of benzene rings is 4. The summed E-state index contributed by atoms with van der Waals surface area (Å²) in [5.74, 6) is 0. The van der Waals surface area contributed by atoms with Crippen molar-refractivity contribution in [2.45, 2.75) is 48.0 Å². The molecule has 0 aliphatic carbocycles. The maximum absolute atomic E-state index is 12.2. The zero-order chi connectivity index (χ0) is 59.5. The van der Waals surface area contributed by atoms with Crippen LogP contribution in [0.2, 0.25) is 0 Å². The number of likely N-dealkylation sites (N-methyl/N-ethyl adjacent to an activating group) is 4. The summed E-state index contributed by atoms with van der Waals surface area (Å²) in [4.78, 5) is 72.7. The van der Waals surface area contributed by atoms with E-state index in [0.29, 0.717) is 6.54 Å². The number of isocyanates is 1. The van der Waals surface area contributed by atoms with E-state index in [9.17, 15) is 24.0 Å². The Hall–Kier alpha value is -8.34. The number of carbonyl (C=O) groups is 4. The van der Waals surface area contributed by atoms with E-state index in [2.05, 4.69) is 46.6 Å². The number of nitrogens with one attached hydrogen (secondary N) is 1. The summed E-state index contributed by atoms with van der Waals surface area (Å²) in [5.41, 5.74) is 12.0. The lowest BCUT2D eigenvalue weighted by molar-refractivity contribution is 0.219. The molecule has 4 saturated heterocycles. The fraction of sp³-hybridized carbons (Fsp3) is 0.431. The standard InChI is InChI=1S/3C13H16N4O.C8H7BrN2.C5H10N2O.C4H7NO.C2H7N/c3*1-3-16-7-8-17(13(16)18)12-6-4-5-11-10(12)9-14-15(11)2;1-11-8-4-2-3-7(9)6(8)5-10-11;1-2-7-4-3-6-5(7)8;1-2-3-5-4-6;1-2-3/h3*4-6,9H,3,7-8H2,1-2H3;2-5H,1H3;2-4H2,1H3,(H,6,8);2-3H2,1H3;2-3H2,1H3. The highest BCUT2D eigenvalue weighted by Crippen LogP contribution is 2.32. The van der Waals surface area contributed by atoms with Gasteiger partial charge in [0.15, 0.2) is 0 Å². The summed E-state index contributed by atoms with van der Waals surface area (Å²) >= 11 is 3.46. The largest absolute Gasteiger partial charge is 0.336 e. The molecule has 8 aromatic rings. The highest BCUT2D eigenvalue weighted by molar-refractivity contribution is 9.10. The molecule has 0 radical (unpaired) electrons. The lowest BCUT2D eigenvalue weighted by Crippen LogP contribution is -2.31. The predicted octanol–water partition coefficient (Wildman–Crippen LogP) is 8.57. The summed E-state index contributed by atoms with van der Waals surface area (Å²) < 4.78 is 8.45. The lowest BCUT2D eigenvalue weighted by Gasteiger charge is -2.18. The zero-order valence-electron chi connectivity index (χ0n) is 49.0. The molecule has 8 amide bonds. The smallest absolute Gasteiger partial charge is 0.324 e. The van der Waals surface area contributed by atoms with Crippen LogP contribution in [0.15, 0.2) is 107 Å². The van der Waals surface area contributed by atoms with Crippen LogP contribution in [0.4, 0.5) is 36.2 Å². The third kappa shape index (κ3) is 14.8. The van der Waals surface area contributed by atoms with Crippen LogP contribution in [0.5, 0.6) is 0 Å². The number of nitrogens with two attached hydrogens (primary N) is 1. The second kappa shape index (κ2) is 30.5. The van der Waals surface area contributed by atoms with Crippen molar-refractivity contribution >= 4 is 107 Å². The van der Waals surface area contributed by atoms with Crippen LogP contribution in [-0.2, 0) is 33.0 Å². The first kappa shape index (κ1) is 62.9. The van der Waals surface area contributed by atoms with Gasteiger partial charge in [-0.05, 0) is 89.2 Å². The molecule has 0 saturated carbocycles. The molecule has 0 atom stereocenters. The van der Waals surface area contributed by atoms with Gasteiger partial charge in [0.25, 0.3) is 0 Å². The number of amides is 8. The first-order valence-electron chi connectivity index (χ1n) is 27.9. The van der Waals surface area contributed by atoms with Crippen LogP contribution < -0.4 is 25.8 Å². The number of urea groups is 4. The quantitative estimate of drug-likeness (QED) is 0.103. The maximum atomic E-state index is 12.2. The molecule has 23 nitrogen and oxygen atoms in total. The van der Waals surface area contributed by atoms with Gasteiger partial charge >= 0.3 is 24.1 Å². The molecule has 0 spiro atoms. The molecular weight excluding hydrogens is 1110 g/mol. The number of hydrogen-bond acceptors (Lipinski definition) is 11. The number of halogens is 1. The van der Waals surface area contributed by atoms with Crippen LogP contribution in [0.3, 0.4) is 0 Å². The molecule has 4 aromatic heterocycles. The van der Waals surface area contributed by atoms with E-state index in [1.807, 2.05) is 215 Å². The topological polar surface area (TPSA) is 230 Å². The van der Waals surface area contributed by atoms with Gasteiger partial charge in [0.2, 0.25) is 6.08 Å². The van der Waals surface area contributed by atoms with E-state index in [-0.39, 0.29) is 24.1 Å². The van der Waals surface area contributed by atoms with E-state index >= 15 is 0 Å². The molecule has 4 fully saturated rings. The van der Waals surface area contributed by atoms with Crippen LogP contribution in [0, 0.1) is 0 Å². The molecule has 12 rings (SSSR count).